The lowest BCUT2D eigenvalue weighted by Crippen LogP contribution is -2.11. The molecule has 2 aromatic heterocycles. The van der Waals surface area contributed by atoms with E-state index in [4.69, 9.17) is 5.73 Å². The van der Waals surface area contributed by atoms with Crippen LogP contribution >= 0.6 is 11.3 Å². The molecule has 0 bridgehead atoms. The lowest BCUT2D eigenvalue weighted by Gasteiger charge is -2.15. The second-order valence-corrected chi connectivity index (χ2v) is 5.88. The van der Waals surface area contributed by atoms with Crippen LogP contribution in [-0.4, -0.2) is 4.98 Å². The van der Waals surface area contributed by atoms with Crippen molar-refractivity contribution in [1.82, 2.24) is 4.98 Å². The van der Waals surface area contributed by atoms with Crippen molar-refractivity contribution in [2.24, 2.45) is 0 Å². The minimum Gasteiger partial charge on any atom is -0.381 e. The highest BCUT2D eigenvalue weighted by molar-refractivity contribution is 7.12. The molecular weight excluding hydrogens is 268 g/mol. The van der Waals surface area contributed by atoms with Gasteiger partial charge in [0.05, 0.1) is 6.04 Å². The van der Waals surface area contributed by atoms with E-state index < -0.39 is 11.6 Å². The third-order valence-electron chi connectivity index (χ3n) is 2.86. The predicted molar refractivity (Wildman–Crippen MR) is 74.4 cm³/mol. The molecule has 2 rings (SSSR count). The van der Waals surface area contributed by atoms with Crippen molar-refractivity contribution in [2.45, 2.75) is 26.8 Å². The molecule has 0 amide bonds. The summed E-state index contributed by atoms with van der Waals surface area (Å²) in [6.07, 6.45) is 0. The number of aryl methyl sites for hydroxylation is 2. The maximum absolute atomic E-state index is 13.6. The van der Waals surface area contributed by atoms with Gasteiger partial charge in [0.25, 0.3) is 0 Å². The van der Waals surface area contributed by atoms with Gasteiger partial charge in [-0.25, -0.2) is 13.8 Å². The van der Waals surface area contributed by atoms with Crippen molar-refractivity contribution in [1.29, 1.82) is 0 Å². The van der Waals surface area contributed by atoms with Gasteiger partial charge in [-0.3, -0.25) is 0 Å². The molecule has 0 radical (unpaired) electrons. The molecule has 0 aromatic carbocycles. The molecule has 2 heterocycles. The Morgan fingerprint density at radius 3 is 2.53 bits per heavy atom. The van der Waals surface area contributed by atoms with Crippen LogP contribution < -0.4 is 11.1 Å². The minimum atomic E-state index is -0.849. The summed E-state index contributed by atoms with van der Waals surface area (Å²) in [5.41, 5.74) is 6.42. The summed E-state index contributed by atoms with van der Waals surface area (Å²) in [6, 6.07) is 2.66. The number of aromatic nitrogens is 1. The van der Waals surface area contributed by atoms with Gasteiger partial charge in [-0.05, 0) is 32.4 Å². The largest absolute Gasteiger partial charge is 0.381 e. The van der Waals surface area contributed by atoms with E-state index in [1.807, 2.05) is 26.8 Å². The number of anilines is 2. The number of halogens is 2. The van der Waals surface area contributed by atoms with Crippen LogP contribution in [0.15, 0.2) is 12.1 Å². The van der Waals surface area contributed by atoms with E-state index >= 15 is 0 Å². The number of nitrogens with one attached hydrogen (secondary N) is 1. The Morgan fingerprint density at radius 1 is 1.26 bits per heavy atom. The van der Waals surface area contributed by atoms with E-state index in [1.165, 1.54) is 4.88 Å². The van der Waals surface area contributed by atoms with Gasteiger partial charge >= 0.3 is 0 Å². The first-order valence-corrected chi connectivity index (χ1v) is 6.65. The third-order valence-corrected chi connectivity index (χ3v) is 3.84. The van der Waals surface area contributed by atoms with E-state index in [2.05, 4.69) is 10.3 Å². The van der Waals surface area contributed by atoms with Gasteiger partial charge in [0.2, 0.25) is 0 Å². The highest BCUT2D eigenvalue weighted by Gasteiger charge is 2.15. The van der Waals surface area contributed by atoms with Crippen LogP contribution in [0.3, 0.4) is 0 Å². The summed E-state index contributed by atoms with van der Waals surface area (Å²) in [4.78, 5) is 6.04. The van der Waals surface area contributed by atoms with Gasteiger partial charge in [0.1, 0.15) is 0 Å². The molecule has 6 heteroatoms. The molecular formula is C13H15F2N3S. The fourth-order valence-corrected chi connectivity index (χ4v) is 2.97. The lowest BCUT2D eigenvalue weighted by molar-refractivity contribution is 0.578. The third kappa shape index (κ3) is 2.84. The lowest BCUT2D eigenvalue weighted by atomic mass is 10.1. The Labute approximate surface area is 114 Å². The first kappa shape index (κ1) is 13.7. The van der Waals surface area contributed by atoms with Crippen LogP contribution in [-0.2, 0) is 0 Å². The van der Waals surface area contributed by atoms with Crippen LogP contribution in [0, 0.1) is 25.5 Å². The Kier molecular flexibility index (Phi) is 3.71. The first-order valence-electron chi connectivity index (χ1n) is 5.83. The number of hydrogen-bond donors (Lipinski definition) is 2. The van der Waals surface area contributed by atoms with Gasteiger partial charge in [-0.2, -0.15) is 0 Å². The summed E-state index contributed by atoms with van der Waals surface area (Å²) in [7, 11) is 0. The van der Waals surface area contributed by atoms with Crippen LogP contribution in [0.25, 0.3) is 0 Å². The SMILES string of the molecule is Cc1cc(C(C)Nc2nc(N)c(F)cc2F)c(C)s1. The van der Waals surface area contributed by atoms with Crippen molar-refractivity contribution in [3.05, 3.63) is 39.1 Å². The molecule has 2 aromatic rings. The van der Waals surface area contributed by atoms with E-state index in [1.54, 1.807) is 11.3 Å². The van der Waals surface area contributed by atoms with Gasteiger partial charge in [-0.15, -0.1) is 11.3 Å². The topological polar surface area (TPSA) is 50.9 Å². The zero-order valence-corrected chi connectivity index (χ0v) is 11.7. The molecule has 1 unspecified atom stereocenters. The van der Waals surface area contributed by atoms with E-state index in [-0.39, 0.29) is 17.7 Å². The number of rotatable bonds is 3. The molecule has 0 aliphatic carbocycles. The molecule has 0 aliphatic heterocycles. The van der Waals surface area contributed by atoms with Gasteiger partial charge < -0.3 is 11.1 Å². The average molecular weight is 283 g/mol. The Morgan fingerprint density at radius 2 is 1.95 bits per heavy atom. The molecule has 0 spiro atoms. The molecule has 0 aliphatic rings. The summed E-state index contributed by atoms with van der Waals surface area (Å²) in [5.74, 6) is -1.94. The quantitative estimate of drug-likeness (QED) is 0.901. The average Bonchev–Trinajstić information content (AvgIpc) is 2.65. The molecule has 102 valence electrons. The molecule has 19 heavy (non-hydrogen) atoms. The van der Waals surface area contributed by atoms with Crippen molar-refractivity contribution in [2.75, 3.05) is 11.1 Å². The summed E-state index contributed by atoms with van der Waals surface area (Å²) in [6.45, 7) is 5.92. The second-order valence-electron chi connectivity index (χ2n) is 4.42. The monoisotopic (exact) mass is 283 g/mol. The van der Waals surface area contributed by atoms with E-state index in [9.17, 15) is 8.78 Å². The Balaban J connectivity index is 2.26. The first-order chi connectivity index (χ1) is 8.88. The maximum Gasteiger partial charge on any atom is 0.168 e. The van der Waals surface area contributed by atoms with Gasteiger partial charge in [0.15, 0.2) is 23.3 Å². The highest BCUT2D eigenvalue weighted by atomic mass is 32.1. The number of nitrogens with zero attached hydrogens (tertiary/aromatic N) is 1. The summed E-state index contributed by atoms with van der Waals surface area (Å²) in [5, 5.41) is 2.92. The van der Waals surface area contributed by atoms with Crippen molar-refractivity contribution >= 4 is 23.0 Å². The molecule has 0 saturated heterocycles. The molecule has 0 saturated carbocycles. The second kappa shape index (κ2) is 5.13. The fraction of sp³-hybridized carbons (Fsp3) is 0.308. The standard InChI is InChI=1S/C13H15F2N3S/c1-6-4-9(8(3)19-6)7(2)17-13-11(15)5-10(14)12(16)18-13/h4-5,7H,1-3H3,(H3,16,17,18). The fourth-order valence-electron chi connectivity index (χ4n) is 1.95. The Hall–Kier alpha value is -1.69. The van der Waals surface area contributed by atoms with Gasteiger partial charge in [-0.1, -0.05) is 0 Å². The number of thiophene rings is 1. The van der Waals surface area contributed by atoms with Crippen LogP contribution in [0.4, 0.5) is 20.4 Å². The van der Waals surface area contributed by atoms with Crippen molar-refractivity contribution < 1.29 is 8.78 Å². The summed E-state index contributed by atoms with van der Waals surface area (Å²) >= 11 is 1.68. The zero-order chi connectivity index (χ0) is 14.2. The van der Waals surface area contributed by atoms with Crippen molar-refractivity contribution in [3.63, 3.8) is 0 Å². The predicted octanol–water partition coefficient (Wildman–Crippen LogP) is 3.79. The number of hydrogen-bond acceptors (Lipinski definition) is 4. The summed E-state index contributed by atoms with van der Waals surface area (Å²) < 4.78 is 26.6. The molecule has 3 N–H and O–H groups in total. The van der Waals surface area contributed by atoms with Crippen LogP contribution in [0.5, 0.6) is 0 Å². The molecule has 1 atom stereocenters. The van der Waals surface area contributed by atoms with Crippen molar-refractivity contribution in [3.8, 4) is 0 Å². The highest BCUT2D eigenvalue weighted by Crippen LogP contribution is 2.29. The van der Waals surface area contributed by atoms with Crippen LogP contribution in [0.2, 0.25) is 0 Å². The van der Waals surface area contributed by atoms with Gasteiger partial charge in [0, 0.05) is 15.8 Å². The molecule has 0 fully saturated rings. The minimum absolute atomic E-state index is 0.0327. The maximum atomic E-state index is 13.6. The van der Waals surface area contributed by atoms with Crippen LogP contribution in [0.1, 0.15) is 28.3 Å². The van der Waals surface area contributed by atoms with E-state index in [0.29, 0.717) is 0 Å². The number of pyridine rings is 1. The number of nitrogen functional groups attached to an aromatic ring is 1. The Bertz CT molecular complexity index is 610. The molecule has 3 nitrogen and oxygen atoms in total. The van der Waals surface area contributed by atoms with E-state index in [0.717, 1.165) is 16.5 Å². The smallest absolute Gasteiger partial charge is 0.168 e. The number of nitrogens with two attached hydrogens (primary N) is 1. The normalized spacial score (nSPS) is 12.5. The zero-order valence-electron chi connectivity index (χ0n) is 10.9.